The fourth-order valence-electron chi connectivity index (χ4n) is 2.77. The molecule has 0 aliphatic heterocycles. The van der Waals surface area contributed by atoms with Crippen molar-refractivity contribution in [3.05, 3.63) is 83.6 Å². The van der Waals surface area contributed by atoms with Crippen molar-refractivity contribution in [2.75, 3.05) is 17.7 Å². The number of rotatable bonds is 6. The average Bonchev–Trinajstić information content (AvgIpc) is 2.69. The molecular weight excluding hydrogens is 354 g/mol. The normalized spacial score (nSPS) is 10.2. The number of para-hydroxylation sites is 1. The Morgan fingerprint density at radius 3 is 2.57 bits per heavy atom. The Balaban J connectivity index is 1.64. The second-order valence-corrected chi connectivity index (χ2v) is 6.31. The lowest BCUT2D eigenvalue weighted by atomic mass is 10.1. The summed E-state index contributed by atoms with van der Waals surface area (Å²) in [6.07, 6.45) is 1.88. The van der Waals surface area contributed by atoms with Crippen LogP contribution in [0.25, 0.3) is 0 Å². The van der Waals surface area contributed by atoms with Gasteiger partial charge in [-0.15, -0.1) is 0 Å². The summed E-state index contributed by atoms with van der Waals surface area (Å²) in [6.45, 7) is 1.99. The molecule has 0 aliphatic carbocycles. The molecule has 1 heterocycles. The van der Waals surface area contributed by atoms with Crippen LogP contribution >= 0.6 is 0 Å². The van der Waals surface area contributed by atoms with E-state index < -0.39 is 5.97 Å². The van der Waals surface area contributed by atoms with Gasteiger partial charge in [-0.2, -0.15) is 0 Å². The molecule has 0 unspecified atom stereocenters. The Morgan fingerprint density at radius 1 is 1.04 bits per heavy atom. The van der Waals surface area contributed by atoms with E-state index in [-0.39, 0.29) is 12.3 Å². The van der Waals surface area contributed by atoms with Crippen LogP contribution in [0.5, 0.6) is 0 Å². The average molecular weight is 375 g/mol. The number of aromatic nitrogens is 1. The predicted octanol–water partition coefficient (Wildman–Crippen LogP) is 4.10. The van der Waals surface area contributed by atoms with Gasteiger partial charge in [0.1, 0.15) is 5.82 Å². The molecule has 2 aromatic carbocycles. The maximum Gasteiger partial charge on any atom is 0.339 e. The molecule has 3 aromatic rings. The van der Waals surface area contributed by atoms with E-state index >= 15 is 0 Å². The Hall–Kier alpha value is -3.67. The van der Waals surface area contributed by atoms with Crippen molar-refractivity contribution in [2.24, 2.45) is 0 Å². The molecule has 2 N–H and O–H groups in total. The summed E-state index contributed by atoms with van der Waals surface area (Å²) >= 11 is 0. The molecule has 6 heteroatoms. The van der Waals surface area contributed by atoms with Crippen LogP contribution in [0.2, 0.25) is 0 Å². The highest BCUT2D eigenvalue weighted by molar-refractivity contribution is 5.96. The zero-order valence-electron chi connectivity index (χ0n) is 15.7. The molecule has 0 radical (unpaired) electrons. The van der Waals surface area contributed by atoms with Crippen LogP contribution in [0, 0.1) is 6.92 Å². The first-order valence-corrected chi connectivity index (χ1v) is 8.81. The van der Waals surface area contributed by atoms with E-state index in [0.29, 0.717) is 22.8 Å². The number of nitrogens with one attached hydrogen (secondary N) is 2. The van der Waals surface area contributed by atoms with Gasteiger partial charge in [-0.1, -0.05) is 42.0 Å². The largest absolute Gasteiger partial charge is 0.465 e. The lowest BCUT2D eigenvalue weighted by molar-refractivity contribution is -0.115. The molecule has 1 amide bonds. The van der Waals surface area contributed by atoms with Crippen LogP contribution in [-0.4, -0.2) is 24.0 Å². The van der Waals surface area contributed by atoms with E-state index in [1.807, 2.05) is 37.3 Å². The van der Waals surface area contributed by atoms with Gasteiger partial charge in [0.2, 0.25) is 5.91 Å². The number of amides is 1. The Bertz CT molecular complexity index is 984. The molecule has 6 nitrogen and oxygen atoms in total. The van der Waals surface area contributed by atoms with Crippen LogP contribution in [0.1, 0.15) is 21.5 Å². The number of hydrogen-bond donors (Lipinski definition) is 2. The van der Waals surface area contributed by atoms with E-state index in [9.17, 15) is 9.59 Å². The number of carbonyl (C=O) groups excluding carboxylic acids is 2. The van der Waals surface area contributed by atoms with Crippen molar-refractivity contribution in [1.82, 2.24) is 4.98 Å². The summed E-state index contributed by atoms with van der Waals surface area (Å²) in [5.74, 6) is -0.0876. The number of ether oxygens (including phenoxy) is 1. The van der Waals surface area contributed by atoms with Crippen LogP contribution in [0.4, 0.5) is 17.2 Å². The minimum Gasteiger partial charge on any atom is -0.465 e. The molecule has 0 aliphatic rings. The highest BCUT2D eigenvalue weighted by Gasteiger charge is 2.11. The van der Waals surface area contributed by atoms with E-state index in [0.717, 1.165) is 11.1 Å². The predicted molar refractivity (Wildman–Crippen MR) is 109 cm³/mol. The number of benzene rings is 2. The lowest BCUT2D eigenvalue weighted by Gasteiger charge is -2.11. The minimum absolute atomic E-state index is 0.130. The van der Waals surface area contributed by atoms with Crippen molar-refractivity contribution in [3.63, 3.8) is 0 Å². The summed E-state index contributed by atoms with van der Waals surface area (Å²) in [5, 5.41) is 5.93. The van der Waals surface area contributed by atoms with E-state index in [1.165, 1.54) is 7.11 Å². The van der Waals surface area contributed by atoms with Crippen molar-refractivity contribution in [3.8, 4) is 0 Å². The van der Waals surface area contributed by atoms with Crippen molar-refractivity contribution in [1.29, 1.82) is 0 Å². The fourth-order valence-corrected chi connectivity index (χ4v) is 2.77. The zero-order valence-corrected chi connectivity index (χ0v) is 15.7. The van der Waals surface area contributed by atoms with Gasteiger partial charge >= 0.3 is 5.97 Å². The van der Waals surface area contributed by atoms with E-state index in [1.54, 1.807) is 36.5 Å². The molecule has 0 bridgehead atoms. The van der Waals surface area contributed by atoms with Gasteiger partial charge < -0.3 is 15.4 Å². The lowest BCUT2D eigenvalue weighted by Crippen LogP contribution is -2.15. The first kappa shape index (κ1) is 19.1. The smallest absolute Gasteiger partial charge is 0.339 e. The van der Waals surface area contributed by atoms with Crippen LogP contribution in [0.3, 0.4) is 0 Å². The Morgan fingerprint density at radius 2 is 1.86 bits per heavy atom. The monoisotopic (exact) mass is 375 g/mol. The van der Waals surface area contributed by atoms with Gasteiger partial charge in [-0.3, -0.25) is 4.79 Å². The third kappa shape index (κ3) is 4.94. The maximum absolute atomic E-state index is 12.2. The number of hydrogen-bond acceptors (Lipinski definition) is 5. The standard InChI is InChI=1S/C22H21N3O3/c1-15-6-5-7-16(12-15)13-21(26)25-20-11-10-17(14-23-20)24-19-9-4-3-8-18(19)22(27)28-2/h3-12,14,24H,13H2,1-2H3,(H,23,25,26). The van der Waals surface area contributed by atoms with Crippen LogP contribution in [0.15, 0.2) is 66.9 Å². The van der Waals surface area contributed by atoms with Crippen molar-refractivity contribution < 1.29 is 14.3 Å². The number of pyridine rings is 1. The van der Waals surface area contributed by atoms with Gasteiger partial charge in [-0.05, 0) is 36.8 Å². The summed E-state index contributed by atoms with van der Waals surface area (Å²) in [4.78, 5) is 28.3. The third-order valence-corrected chi connectivity index (χ3v) is 4.09. The quantitative estimate of drug-likeness (QED) is 0.634. The van der Waals surface area contributed by atoms with Crippen molar-refractivity contribution in [2.45, 2.75) is 13.3 Å². The molecule has 142 valence electrons. The summed E-state index contributed by atoms with van der Waals surface area (Å²) in [7, 11) is 1.34. The van der Waals surface area contributed by atoms with Gasteiger partial charge in [0.25, 0.3) is 0 Å². The van der Waals surface area contributed by atoms with Gasteiger partial charge in [0.05, 0.1) is 36.7 Å². The van der Waals surface area contributed by atoms with Gasteiger partial charge in [0, 0.05) is 0 Å². The molecule has 3 rings (SSSR count). The number of methoxy groups -OCH3 is 1. The first-order valence-electron chi connectivity index (χ1n) is 8.81. The first-order chi connectivity index (χ1) is 13.5. The molecular formula is C22H21N3O3. The third-order valence-electron chi connectivity index (χ3n) is 4.09. The molecule has 0 spiro atoms. The molecule has 28 heavy (non-hydrogen) atoms. The number of aryl methyl sites for hydroxylation is 1. The second-order valence-electron chi connectivity index (χ2n) is 6.31. The number of nitrogens with zero attached hydrogens (tertiary/aromatic N) is 1. The van der Waals surface area contributed by atoms with Crippen molar-refractivity contribution >= 4 is 29.1 Å². The number of carbonyl (C=O) groups is 2. The molecule has 0 saturated heterocycles. The Labute approximate surface area is 163 Å². The van der Waals surface area contributed by atoms with Crippen LogP contribution < -0.4 is 10.6 Å². The maximum atomic E-state index is 12.2. The molecule has 0 atom stereocenters. The number of anilines is 3. The fraction of sp³-hybridized carbons (Fsp3) is 0.136. The van der Waals surface area contributed by atoms with Gasteiger partial charge in [-0.25, -0.2) is 9.78 Å². The zero-order chi connectivity index (χ0) is 19.9. The summed E-state index contributed by atoms with van der Waals surface area (Å²) < 4.78 is 4.79. The highest BCUT2D eigenvalue weighted by Crippen LogP contribution is 2.21. The SMILES string of the molecule is COC(=O)c1ccccc1Nc1ccc(NC(=O)Cc2cccc(C)c2)nc1. The molecule has 1 aromatic heterocycles. The van der Waals surface area contributed by atoms with Crippen LogP contribution in [-0.2, 0) is 16.0 Å². The van der Waals surface area contributed by atoms with Gasteiger partial charge in [0.15, 0.2) is 0 Å². The van der Waals surface area contributed by atoms with E-state index in [2.05, 4.69) is 15.6 Å². The topological polar surface area (TPSA) is 80.3 Å². The van der Waals surface area contributed by atoms with E-state index in [4.69, 9.17) is 4.74 Å². The Kier molecular flexibility index (Phi) is 6.01. The molecule has 0 saturated carbocycles. The molecule has 0 fully saturated rings. The number of esters is 1. The summed E-state index contributed by atoms with van der Waals surface area (Å²) in [5.41, 5.74) is 3.81. The minimum atomic E-state index is -0.420. The highest BCUT2D eigenvalue weighted by atomic mass is 16.5. The summed E-state index contributed by atoms with van der Waals surface area (Å²) in [6, 6.07) is 18.4. The second kappa shape index (κ2) is 8.81.